The summed E-state index contributed by atoms with van der Waals surface area (Å²) in [5, 5.41) is 16.3. The summed E-state index contributed by atoms with van der Waals surface area (Å²) in [5.74, 6) is -1.87. The van der Waals surface area contributed by atoms with Crippen molar-refractivity contribution in [2.24, 2.45) is 0 Å². The molecule has 1 atom stereocenters. The topological polar surface area (TPSA) is 114 Å². The van der Waals surface area contributed by atoms with Crippen LogP contribution < -0.4 is 10.7 Å². The van der Waals surface area contributed by atoms with E-state index in [0.717, 1.165) is 16.9 Å². The molecular formula is C22H20N4O4S. The van der Waals surface area contributed by atoms with E-state index in [9.17, 15) is 19.6 Å². The highest BCUT2D eigenvalue weighted by Gasteiger charge is 2.26. The summed E-state index contributed by atoms with van der Waals surface area (Å²) in [7, 11) is 1.23. The Labute approximate surface area is 182 Å². The first-order chi connectivity index (χ1) is 14.8. The summed E-state index contributed by atoms with van der Waals surface area (Å²) in [5.41, 5.74) is 1.54. The number of nitriles is 1. The Bertz CT molecular complexity index is 1270. The fraction of sp³-hybridized carbons (Fsp3) is 0.227. The highest BCUT2D eigenvalue weighted by Crippen LogP contribution is 2.37. The molecule has 0 fully saturated rings. The van der Waals surface area contributed by atoms with Crippen molar-refractivity contribution in [3.05, 3.63) is 74.0 Å². The lowest BCUT2D eigenvalue weighted by atomic mass is 10.0. The molecule has 0 spiro atoms. The van der Waals surface area contributed by atoms with Crippen molar-refractivity contribution in [2.75, 3.05) is 12.4 Å². The van der Waals surface area contributed by atoms with E-state index in [0.29, 0.717) is 16.1 Å². The number of amides is 1. The maximum atomic E-state index is 12.9. The number of hydrogen-bond acceptors (Lipinski definition) is 7. The molecular weight excluding hydrogens is 416 g/mol. The first-order valence-corrected chi connectivity index (χ1v) is 10.2. The number of esters is 1. The molecule has 0 saturated carbocycles. The molecule has 0 radical (unpaired) electrons. The maximum Gasteiger partial charge on any atom is 0.341 e. The van der Waals surface area contributed by atoms with Gasteiger partial charge in [0, 0.05) is 17.1 Å². The number of hydrogen-bond donors (Lipinski definition) is 1. The van der Waals surface area contributed by atoms with Crippen molar-refractivity contribution in [3.8, 4) is 11.8 Å². The summed E-state index contributed by atoms with van der Waals surface area (Å²) >= 11 is 1.10. The Morgan fingerprint density at radius 1 is 1.29 bits per heavy atom. The summed E-state index contributed by atoms with van der Waals surface area (Å²) < 4.78 is 6.27. The van der Waals surface area contributed by atoms with Gasteiger partial charge < -0.3 is 10.1 Å². The zero-order valence-electron chi connectivity index (χ0n) is 17.4. The minimum absolute atomic E-state index is 0.160. The molecule has 0 aliphatic heterocycles. The van der Waals surface area contributed by atoms with Crippen LogP contribution in [0.25, 0.3) is 5.69 Å². The van der Waals surface area contributed by atoms with Crippen LogP contribution in [0.1, 0.15) is 49.7 Å². The lowest BCUT2D eigenvalue weighted by Gasteiger charge is -2.09. The van der Waals surface area contributed by atoms with Crippen LogP contribution in [0.4, 0.5) is 5.00 Å². The molecule has 158 valence electrons. The number of methoxy groups -OCH3 is 1. The lowest BCUT2D eigenvalue weighted by molar-refractivity contribution is 0.0601. The average Bonchev–Trinajstić information content (AvgIpc) is 3.08. The second kappa shape index (κ2) is 8.93. The van der Waals surface area contributed by atoms with Crippen molar-refractivity contribution >= 4 is 28.2 Å². The van der Waals surface area contributed by atoms with Gasteiger partial charge in [-0.25, -0.2) is 9.48 Å². The summed E-state index contributed by atoms with van der Waals surface area (Å²) in [4.78, 5) is 38.2. The molecule has 1 N–H and O–H groups in total. The minimum atomic E-state index is -0.755. The molecule has 9 heteroatoms. The van der Waals surface area contributed by atoms with Crippen LogP contribution in [0.3, 0.4) is 0 Å². The number of ether oxygens (including phenoxy) is 1. The number of carbonyl (C=O) groups is 2. The quantitative estimate of drug-likeness (QED) is 0.612. The highest BCUT2D eigenvalue weighted by atomic mass is 32.1. The van der Waals surface area contributed by atoms with Gasteiger partial charge in [0.1, 0.15) is 5.00 Å². The van der Waals surface area contributed by atoms with Crippen LogP contribution in [0.5, 0.6) is 0 Å². The second-order valence-electron chi connectivity index (χ2n) is 6.90. The van der Waals surface area contributed by atoms with E-state index in [-0.39, 0.29) is 16.3 Å². The van der Waals surface area contributed by atoms with Gasteiger partial charge in [-0.2, -0.15) is 10.4 Å². The van der Waals surface area contributed by atoms with Gasteiger partial charge in [-0.05, 0) is 44.0 Å². The summed E-state index contributed by atoms with van der Waals surface area (Å²) in [6.45, 7) is 5.31. The third kappa shape index (κ3) is 4.39. The van der Waals surface area contributed by atoms with E-state index >= 15 is 0 Å². The van der Waals surface area contributed by atoms with E-state index in [2.05, 4.69) is 16.5 Å². The predicted octanol–water partition coefficient (Wildman–Crippen LogP) is 3.58. The van der Waals surface area contributed by atoms with Gasteiger partial charge >= 0.3 is 5.97 Å². The summed E-state index contributed by atoms with van der Waals surface area (Å²) in [6, 6.07) is 10.8. The van der Waals surface area contributed by atoms with Gasteiger partial charge in [0.05, 0.1) is 30.3 Å². The van der Waals surface area contributed by atoms with Crippen LogP contribution in [-0.2, 0) is 4.74 Å². The summed E-state index contributed by atoms with van der Waals surface area (Å²) in [6.07, 6.45) is 1.48. The number of thiophene rings is 1. The molecule has 0 aliphatic rings. The van der Waals surface area contributed by atoms with Gasteiger partial charge in [0.25, 0.3) is 5.91 Å². The van der Waals surface area contributed by atoms with Crippen LogP contribution in [0, 0.1) is 25.2 Å². The molecule has 2 aromatic heterocycles. The van der Waals surface area contributed by atoms with Gasteiger partial charge in [-0.1, -0.05) is 12.1 Å². The lowest BCUT2D eigenvalue weighted by Crippen LogP contribution is -2.25. The monoisotopic (exact) mass is 436 g/mol. The SMILES string of the molecule is COC(=O)c1c(NC(=O)c2nn(-c3cccc(C)c3)ccc2=O)sc(C(C)C#N)c1C. The third-order valence-electron chi connectivity index (χ3n) is 4.68. The number of benzene rings is 1. The standard InChI is InChI=1S/C22H20N4O4S/c1-12-6-5-7-15(10-12)26-9-8-16(27)18(25-26)20(28)24-21-17(22(29)30-4)14(3)19(31-21)13(2)11-23/h5-10,13H,1-4H3,(H,24,28). The fourth-order valence-corrected chi connectivity index (χ4v) is 4.27. The molecule has 0 bridgehead atoms. The Morgan fingerprint density at radius 2 is 2.03 bits per heavy atom. The Hall–Kier alpha value is -3.77. The fourth-order valence-electron chi connectivity index (χ4n) is 3.08. The number of carbonyl (C=O) groups excluding carboxylic acids is 2. The van der Waals surface area contributed by atoms with E-state index in [1.54, 1.807) is 19.9 Å². The van der Waals surface area contributed by atoms with Crippen molar-refractivity contribution in [1.82, 2.24) is 9.78 Å². The molecule has 2 heterocycles. The normalized spacial score (nSPS) is 11.5. The maximum absolute atomic E-state index is 12.9. The first kappa shape index (κ1) is 21.9. The molecule has 0 aliphatic carbocycles. The number of aryl methyl sites for hydroxylation is 1. The molecule has 0 saturated heterocycles. The molecule has 1 unspecified atom stereocenters. The Morgan fingerprint density at radius 3 is 2.68 bits per heavy atom. The van der Waals surface area contributed by atoms with E-state index in [1.807, 2.05) is 25.1 Å². The smallest absolute Gasteiger partial charge is 0.341 e. The number of aromatic nitrogens is 2. The Balaban J connectivity index is 2.02. The second-order valence-corrected chi connectivity index (χ2v) is 7.96. The molecule has 1 aromatic carbocycles. The molecule has 31 heavy (non-hydrogen) atoms. The minimum Gasteiger partial charge on any atom is -0.465 e. The van der Waals surface area contributed by atoms with E-state index in [4.69, 9.17) is 4.74 Å². The number of nitrogens with zero attached hydrogens (tertiary/aromatic N) is 3. The van der Waals surface area contributed by atoms with Gasteiger partial charge in [0.15, 0.2) is 5.69 Å². The Kier molecular flexibility index (Phi) is 6.32. The zero-order chi connectivity index (χ0) is 22.7. The molecule has 1 amide bonds. The van der Waals surface area contributed by atoms with Gasteiger partial charge in [0.2, 0.25) is 5.43 Å². The van der Waals surface area contributed by atoms with Crippen molar-refractivity contribution in [1.29, 1.82) is 5.26 Å². The number of nitrogens with one attached hydrogen (secondary N) is 1. The first-order valence-electron chi connectivity index (χ1n) is 9.36. The zero-order valence-corrected chi connectivity index (χ0v) is 18.2. The van der Waals surface area contributed by atoms with E-state index < -0.39 is 23.2 Å². The highest BCUT2D eigenvalue weighted by molar-refractivity contribution is 7.17. The molecule has 3 rings (SSSR count). The van der Waals surface area contributed by atoms with Crippen LogP contribution in [0.15, 0.2) is 41.3 Å². The number of anilines is 1. The van der Waals surface area contributed by atoms with Crippen LogP contribution in [-0.4, -0.2) is 28.8 Å². The van der Waals surface area contributed by atoms with Crippen molar-refractivity contribution < 1.29 is 14.3 Å². The third-order valence-corrected chi connectivity index (χ3v) is 6.07. The average molecular weight is 436 g/mol. The van der Waals surface area contributed by atoms with Crippen molar-refractivity contribution in [2.45, 2.75) is 26.7 Å². The van der Waals surface area contributed by atoms with Gasteiger partial charge in [-0.15, -0.1) is 11.3 Å². The van der Waals surface area contributed by atoms with Crippen LogP contribution >= 0.6 is 11.3 Å². The van der Waals surface area contributed by atoms with E-state index in [1.165, 1.54) is 24.1 Å². The predicted molar refractivity (Wildman–Crippen MR) is 117 cm³/mol. The van der Waals surface area contributed by atoms with Crippen molar-refractivity contribution in [3.63, 3.8) is 0 Å². The van der Waals surface area contributed by atoms with Gasteiger partial charge in [-0.3, -0.25) is 9.59 Å². The molecule has 3 aromatic rings. The molecule has 8 nitrogen and oxygen atoms in total. The number of rotatable bonds is 5. The largest absolute Gasteiger partial charge is 0.465 e. The van der Waals surface area contributed by atoms with Crippen LogP contribution in [0.2, 0.25) is 0 Å².